The van der Waals surface area contributed by atoms with Gasteiger partial charge in [-0.3, -0.25) is 9.48 Å². The van der Waals surface area contributed by atoms with E-state index >= 15 is 0 Å². The molecule has 0 aliphatic carbocycles. The van der Waals surface area contributed by atoms with Gasteiger partial charge in [-0.1, -0.05) is 0 Å². The van der Waals surface area contributed by atoms with Gasteiger partial charge >= 0.3 is 0 Å². The van der Waals surface area contributed by atoms with E-state index in [1.807, 2.05) is 16.9 Å². The van der Waals surface area contributed by atoms with Crippen molar-refractivity contribution in [1.29, 1.82) is 0 Å². The van der Waals surface area contributed by atoms with Crippen LogP contribution in [0.25, 0.3) is 0 Å². The molecule has 4 heterocycles. The third-order valence-corrected chi connectivity index (χ3v) is 5.80. The van der Waals surface area contributed by atoms with Crippen molar-refractivity contribution >= 4 is 18.3 Å². The molecule has 3 fully saturated rings. The molecular formula is C17H28ClN5O. The van der Waals surface area contributed by atoms with Gasteiger partial charge in [0.1, 0.15) is 5.69 Å². The molecule has 0 saturated carbocycles. The molecule has 0 aromatic carbocycles. The van der Waals surface area contributed by atoms with Crippen molar-refractivity contribution in [2.75, 3.05) is 39.8 Å². The predicted octanol–water partition coefficient (Wildman–Crippen LogP) is 1.40. The van der Waals surface area contributed by atoms with E-state index in [1.165, 1.54) is 12.8 Å². The van der Waals surface area contributed by atoms with Gasteiger partial charge < -0.3 is 15.1 Å². The second kappa shape index (κ2) is 7.42. The highest BCUT2D eigenvalue weighted by Crippen LogP contribution is 2.32. The number of aromatic nitrogens is 2. The molecule has 3 unspecified atom stereocenters. The van der Waals surface area contributed by atoms with Crippen LogP contribution in [-0.2, 0) is 0 Å². The van der Waals surface area contributed by atoms with Gasteiger partial charge in [0.15, 0.2) is 0 Å². The van der Waals surface area contributed by atoms with Gasteiger partial charge in [-0.15, -0.1) is 12.4 Å². The molecule has 1 N–H and O–H groups in total. The number of halogens is 1. The van der Waals surface area contributed by atoms with Gasteiger partial charge in [-0.25, -0.2) is 0 Å². The normalized spacial score (nSPS) is 30.7. The van der Waals surface area contributed by atoms with Crippen LogP contribution in [0.2, 0.25) is 0 Å². The van der Waals surface area contributed by atoms with Gasteiger partial charge in [0, 0.05) is 31.9 Å². The number of amides is 1. The Hall–Kier alpha value is -1.11. The average Bonchev–Trinajstić information content (AvgIpc) is 3.22. The van der Waals surface area contributed by atoms with Crippen LogP contribution >= 0.6 is 12.4 Å². The Morgan fingerprint density at radius 3 is 2.92 bits per heavy atom. The van der Waals surface area contributed by atoms with Crippen LogP contribution in [0.15, 0.2) is 12.3 Å². The van der Waals surface area contributed by atoms with Crippen LogP contribution in [0.5, 0.6) is 0 Å². The molecule has 3 saturated heterocycles. The number of nitrogens with one attached hydrogen (secondary N) is 1. The van der Waals surface area contributed by atoms with E-state index in [4.69, 9.17) is 0 Å². The Balaban J connectivity index is 0.00000169. The molecule has 6 nitrogen and oxygen atoms in total. The Labute approximate surface area is 150 Å². The van der Waals surface area contributed by atoms with Crippen molar-refractivity contribution in [3.8, 4) is 0 Å². The number of piperidine rings is 2. The van der Waals surface area contributed by atoms with E-state index in [0.29, 0.717) is 23.7 Å². The van der Waals surface area contributed by atoms with Crippen LogP contribution < -0.4 is 5.32 Å². The van der Waals surface area contributed by atoms with E-state index < -0.39 is 0 Å². The zero-order valence-corrected chi connectivity index (χ0v) is 15.2. The third-order valence-electron chi connectivity index (χ3n) is 5.80. The fraction of sp³-hybridized carbons (Fsp3) is 0.765. The summed E-state index contributed by atoms with van der Waals surface area (Å²) in [5.74, 6) is 0.801. The standard InChI is InChI=1S/C17H27N5O.ClH/c1-20-8-4-13-5-9-21(16(13)12-20)17(23)15-6-10-22(19-15)14-3-2-7-18-11-14;/h6,10,13-14,16,18H,2-5,7-9,11-12H2,1H3;1H. The fourth-order valence-electron chi connectivity index (χ4n) is 4.41. The lowest BCUT2D eigenvalue weighted by molar-refractivity contribution is 0.0624. The van der Waals surface area contributed by atoms with Gasteiger partial charge in [-0.05, 0) is 57.8 Å². The second-order valence-electron chi connectivity index (χ2n) is 7.35. The zero-order chi connectivity index (χ0) is 15.8. The number of nitrogens with zero attached hydrogens (tertiary/aromatic N) is 4. The highest BCUT2D eigenvalue weighted by atomic mass is 35.5. The Morgan fingerprint density at radius 1 is 1.29 bits per heavy atom. The molecule has 4 rings (SSSR count). The summed E-state index contributed by atoms with van der Waals surface area (Å²) in [7, 11) is 2.15. The summed E-state index contributed by atoms with van der Waals surface area (Å²) in [6.07, 6.45) is 6.66. The lowest BCUT2D eigenvalue weighted by Gasteiger charge is -2.36. The fourth-order valence-corrected chi connectivity index (χ4v) is 4.41. The maximum atomic E-state index is 12.9. The van der Waals surface area contributed by atoms with Gasteiger partial charge in [-0.2, -0.15) is 5.10 Å². The Kier molecular flexibility index (Phi) is 5.47. The summed E-state index contributed by atoms with van der Waals surface area (Å²) < 4.78 is 1.99. The molecule has 3 aliphatic heterocycles. The summed E-state index contributed by atoms with van der Waals surface area (Å²) in [6, 6.07) is 2.66. The first kappa shape index (κ1) is 17.7. The van der Waals surface area contributed by atoms with Crippen molar-refractivity contribution in [3.63, 3.8) is 0 Å². The molecule has 7 heteroatoms. The smallest absolute Gasteiger partial charge is 0.274 e. The minimum absolute atomic E-state index is 0. The maximum Gasteiger partial charge on any atom is 0.274 e. The van der Waals surface area contributed by atoms with Crippen LogP contribution in [0.4, 0.5) is 0 Å². The SMILES string of the molecule is CN1CCC2CCN(C(=O)c3ccn(C4CCCNC4)n3)C2C1.Cl. The number of likely N-dealkylation sites (N-methyl/N-ethyl adjacent to an activating group) is 1. The van der Waals surface area contributed by atoms with Crippen LogP contribution in [0.1, 0.15) is 42.2 Å². The number of hydrogen-bond acceptors (Lipinski definition) is 4. The highest BCUT2D eigenvalue weighted by Gasteiger charge is 2.40. The summed E-state index contributed by atoms with van der Waals surface area (Å²) in [5, 5.41) is 8.01. The van der Waals surface area contributed by atoms with E-state index in [0.717, 1.165) is 45.6 Å². The van der Waals surface area contributed by atoms with E-state index in [1.54, 1.807) is 0 Å². The molecule has 0 radical (unpaired) electrons. The highest BCUT2D eigenvalue weighted by molar-refractivity contribution is 5.92. The van der Waals surface area contributed by atoms with Crippen LogP contribution in [0, 0.1) is 5.92 Å². The molecule has 24 heavy (non-hydrogen) atoms. The number of hydrogen-bond donors (Lipinski definition) is 1. The van der Waals surface area contributed by atoms with Crippen LogP contribution in [-0.4, -0.2) is 71.3 Å². The molecule has 0 bridgehead atoms. The summed E-state index contributed by atoms with van der Waals surface area (Å²) in [4.78, 5) is 17.3. The van der Waals surface area contributed by atoms with Gasteiger partial charge in [0.25, 0.3) is 5.91 Å². The predicted molar refractivity (Wildman–Crippen MR) is 95.7 cm³/mol. The first-order valence-corrected chi connectivity index (χ1v) is 8.98. The molecule has 3 atom stereocenters. The van der Waals surface area contributed by atoms with Crippen molar-refractivity contribution < 1.29 is 4.79 Å². The monoisotopic (exact) mass is 353 g/mol. The second-order valence-corrected chi connectivity index (χ2v) is 7.35. The van der Waals surface area contributed by atoms with Crippen LogP contribution in [0.3, 0.4) is 0 Å². The molecule has 1 aromatic rings. The summed E-state index contributed by atoms with van der Waals surface area (Å²) >= 11 is 0. The van der Waals surface area contributed by atoms with Gasteiger partial charge in [0.05, 0.1) is 6.04 Å². The first-order chi connectivity index (χ1) is 11.2. The molecule has 134 valence electrons. The molecule has 1 aromatic heterocycles. The Morgan fingerprint density at radius 2 is 2.12 bits per heavy atom. The number of rotatable bonds is 2. The maximum absolute atomic E-state index is 12.9. The number of carbonyl (C=O) groups is 1. The zero-order valence-electron chi connectivity index (χ0n) is 14.4. The lowest BCUT2D eigenvalue weighted by atomic mass is 9.92. The minimum Gasteiger partial charge on any atom is -0.333 e. The van der Waals surface area contributed by atoms with E-state index in [-0.39, 0.29) is 18.3 Å². The van der Waals surface area contributed by atoms with Gasteiger partial charge in [0.2, 0.25) is 0 Å². The molecular weight excluding hydrogens is 326 g/mol. The topological polar surface area (TPSA) is 53.4 Å². The van der Waals surface area contributed by atoms with Crippen molar-refractivity contribution in [1.82, 2.24) is 24.9 Å². The van der Waals surface area contributed by atoms with E-state index in [2.05, 4.69) is 27.3 Å². The first-order valence-electron chi connectivity index (χ1n) is 8.98. The minimum atomic E-state index is 0. The quantitative estimate of drug-likeness (QED) is 0.873. The summed E-state index contributed by atoms with van der Waals surface area (Å²) in [6.45, 7) is 5.10. The molecule has 3 aliphatic rings. The summed E-state index contributed by atoms with van der Waals surface area (Å²) in [5.41, 5.74) is 0.615. The largest absolute Gasteiger partial charge is 0.333 e. The van der Waals surface area contributed by atoms with Crippen molar-refractivity contribution in [2.45, 2.75) is 37.8 Å². The third kappa shape index (κ3) is 3.32. The average molecular weight is 354 g/mol. The van der Waals surface area contributed by atoms with Crippen molar-refractivity contribution in [3.05, 3.63) is 18.0 Å². The number of likely N-dealkylation sites (tertiary alicyclic amines) is 2. The van der Waals surface area contributed by atoms with Crippen molar-refractivity contribution in [2.24, 2.45) is 5.92 Å². The molecule has 0 spiro atoms. The Bertz CT molecular complexity index is 571. The van der Waals surface area contributed by atoms with E-state index in [9.17, 15) is 4.79 Å². The number of fused-ring (bicyclic) bond motifs is 1. The molecule has 1 amide bonds. The number of carbonyl (C=O) groups excluding carboxylic acids is 1. The lowest BCUT2D eigenvalue weighted by Crippen LogP contribution is -2.48.